The molecule has 0 unspecified atom stereocenters. The fourth-order valence-corrected chi connectivity index (χ4v) is 2.59. The van der Waals surface area contributed by atoms with Gasteiger partial charge in [0, 0.05) is 5.39 Å². The number of fused-ring (bicyclic) bond motifs is 1. The van der Waals surface area contributed by atoms with Crippen molar-refractivity contribution < 1.29 is 14.3 Å². The van der Waals surface area contributed by atoms with Crippen molar-refractivity contribution in [1.29, 1.82) is 0 Å². The molecule has 3 aromatic rings. The maximum atomic E-state index is 11.9. The Morgan fingerprint density at radius 2 is 1.60 bits per heavy atom. The van der Waals surface area contributed by atoms with E-state index in [2.05, 4.69) is 5.32 Å². The van der Waals surface area contributed by atoms with Crippen LogP contribution in [-0.2, 0) is 4.79 Å². The minimum atomic E-state index is -0.162. The predicted octanol–water partition coefficient (Wildman–Crippen LogP) is 3.72. The van der Waals surface area contributed by atoms with E-state index in [1.54, 1.807) is 0 Å². The lowest BCUT2D eigenvalue weighted by molar-refractivity contribution is -0.123. The summed E-state index contributed by atoms with van der Waals surface area (Å²) in [6.45, 7) is 2.79. The van der Waals surface area contributed by atoms with Crippen molar-refractivity contribution in [2.75, 3.05) is 19.8 Å². The highest BCUT2D eigenvalue weighted by Crippen LogP contribution is 2.24. The van der Waals surface area contributed by atoms with Crippen LogP contribution in [0.25, 0.3) is 10.8 Å². The highest BCUT2D eigenvalue weighted by molar-refractivity contribution is 5.88. The number of hydrogen-bond acceptors (Lipinski definition) is 3. The average Bonchev–Trinajstić information content (AvgIpc) is 2.64. The molecule has 128 valence electrons. The van der Waals surface area contributed by atoms with Gasteiger partial charge in [-0.25, -0.2) is 0 Å². The second-order valence-corrected chi connectivity index (χ2v) is 5.73. The molecule has 0 aromatic heterocycles. The van der Waals surface area contributed by atoms with Gasteiger partial charge in [0.25, 0.3) is 5.91 Å². The Morgan fingerprint density at radius 1 is 0.880 bits per heavy atom. The number of benzene rings is 3. The van der Waals surface area contributed by atoms with Gasteiger partial charge in [-0.3, -0.25) is 4.79 Å². The molecule has 0 saturated heterocycles. The first-order chi connectivity index (χ1) is 12.2. The fraction of sp³-hybridized carbons (Fsp3) is 0.190. The number of nitrogens with one attached hydrogen (secondary N) is 1. The van der Waals surface area contributed by atoms with E-state index in [0.717, 1.165) is 27.8 Å². The van der Waals surface area contributed by atoms with Crippen LogP contribution in [-0.4, -0.2) is 25.7 Å². The third kappa shape index (κ3) is 4.51. The van der Waals surface area contributed by atoms with Gasteiger partial charge < -0.3 is 14.8 Å². The van der Waals surface area contributed by atoms with Crippen LogP contribution in [0, 0.1) is 6.92 Å². The second-order valence-electron chi connectivity index (χ2n) is 5.73. The van der Waals surface area contributed by atoms with E-state index in [9.17, 15) is 4.79 Å². The molecule has 1 amide bonds. The lowest BCUT2D eigenvalue weighted by Crippen LogP contribution is -2.32. The molecule has 0 aliphatic rings. The summed E-state index contributed by atoms with van der Waals surface area (Å²) in [7, 11) is 0. The van der Waals surface area contributed by atoms with Crippen molar-refractivity contribution >= 4 is 16.7 Å². The van der Waals surface area contributed by atoms with Crippen LogP contribution in [0.3, 0.4) is 0 Å². The standard InChI is InChI=1S/C21H21NO3/c1-16-7-2-5-11-19(16)25-15-21(23)22-13-14-24-20-12-6-9-17-8-3-4-10-18(17)20/h2-12H,13-15H2,1H3,(H,22,23). The third-order valence-electron chi connectivity index (χ3n) is 3.88. The molecule has 0 atom stereocenters. The number of hydrogen-bond donors (Lipinski definition) is 1. The molecule has 0 fully saturated rings. The molecule has 4 heteroatoms. The van der Waals surface area contributed by atoms with Gasteiger partial charge in [0.05, 0.1) is 6.54 Å². The smallest absolute Gasteiger partial charge is 0.258 e. The number of amides is 1. The summed E-state index contributed by atoms with van der Waals surface area (Å²) >= 11 is 0. The molecule has 3 aromatic carbocycles. The second kappa shape index (κ2) is 8.20. The summed E-state index contributed by atoms with van der Waals surface area (Å²) in [5.74, 6) is 1.39. The number of para-hydroxylation sites is 1. The van der Waals surface area contributed by atoms with Crippen LogP contribution >= 0.6 is 0 Å². The SMILES string of the molecule is Cc1ccccc1OCC(=O)NCCOc1cccc2ccccc12. The Morgan fingerprint density at radius 3 is 2.48 bits per heavy atom. The summed E-state index contributed by atoms with van der Waals surface area (Å²) in [5.41, 5.74) is 1.01. The number of carbonyl (C=O) groups excluding carboxylic acids is 1. The Bertz CT molecular complexity index is 855. The van der Waals surface area contributed by atoms with Crippen molar-refractivity contribution in [2.24, 2.45) is 0 Å². The Balaban J connectivity index is 1.43. The maximum absolute atomic E-state index is 11.9. The third-order valence-corrected chi connectivity index (χ3v) is 3.88. The Kier molecular flexibility index (Phi) is 5.52. The Labute approximate surface area is 147 Å². The summed E-state index contributed by atoms with van der Waals surface area (Å²) in [6.07, 6.45) is 0. The van der Waals surface area contributed by atoms with Gasteiger partial charge >= 0.3 is 0 Å². The van der Waals surface area contributed by atoms with E-state index >= 15 is 0 Å². The van der Waals surface area contributed by atoms with E-state index in [1.807, 2.05) is 73.7 Å². The summed E-state index contributed by atoms with van der Waals surface area (Å²) in [5, 5.41) is 5.01. The van der Waals surface area contributed by atoms with Crippen molar-refractivity contribution in [2.45, 2.75) is 6.92 Å². The molecule has 3 rings (SSSR count). The zero-order valence-electron chi connectivity index (χ0n) is 14.2. The van der Waals surface area contributed by atoms with Gasteiger partial charge in [0.15, 0.2) is 6.61 Å². The van der Waals surface area contributed by atoms with Crippen LogP contribution in [0.1, 0.15) is 5.56 Å². The van der Waals surface area contributed by atoms with Crippen molar-refractivity contribution in [3.8, 4) is 11.5 Å². The van der Waals surface area contributed by atoms with Gasteiger partial charge in [0.1, 0.15) is 18.1 Å². The molecule has 0 aliphatic heterocycles. The van der Waals surface area contributed by atoms with Gasteiger partial charge in [0.2, 0.25) is 0 Å². The average molecular weight is 335 g/mol. The molecule has 0 spiro atoms. The summed E-state index contributed by atoms with van der Waals surface area (Å²) in [4.78, 5) is 11.9. The maximum Gasteiger partial charge on any atom is 0.258 e. The van der Waals surface area contributed by atoms with Gasteiger partial charge in [-0.05, 0) is 30.0 Å². The quantitative estimate of drug-likeness (QED) is 0.669. The van der Waals surface area contributed by atoms with E-state index in [-0.39, 0.29) is 12.5 Å². The van der Waals surface area contributed by atoms with Crippen LogP contribution in [0.2, 0.25) is 0 Å². The minimum absolute atomic E-state index is 0.000872. The number of ether oxygens (including phenoxy) is 2. The van der Waals surface area contributed by atoms with Gasteiger partial charge in [-0.15, -0.1) is 0 Å². The molecule has 4 nitrogen and oxygen atoms in total. The molecule has 1 N–H and O–H groups in total. The van der Waals surface area contributed by atoms with Crippen LogP contribution < -0.4 is 14.8 Å². The lowest BCUT2D eigenvalue weighted by Gasteiger charge is -2.11. The van der Waals surface area contributed by atoms with E-state index in [0.29, 0.717) is 13.2 Å². The Hall–Kier alpha value is -3.01. The molecular weight excluding hydrogens is 314 g/mol. The highest BCUT2D eigenvalue weighted by Gasteiger charge is 2.05. The van der Waals surface area contributed by atoms with Gasteiger partial charge in [-0.1, -0.05) is 54.6 Å². The molecule has 0 radical (unpaired) electrons. The van der Waals surface area contributed by atoms with E-state index < -0.39 is 0 Å². The molecule has 25 heavy (non-hydrogen) atoms. The molecule has 0 aliphatic carbocycles. The molecule has 0 heterocycles. The normalized spacial score (nSPS) is 10.4. The van der Waals surface area contributed by atoms with Crippen molar-refractivity contribution in [3.05, 3.63) is 72.3 Å². The topological polar surface area (TPSA) is 47.6 Å². The summed E-state index contributed by atoms with van der Waals surface area (Å²) < 4.78 is 11.3. The number of carbonyl (C=O) groups is 1. The minimum Gasteiger partial charge on any atom is -0.491 e. The van der Waals surface area contributed by atoms with Crippen molar-refractivity contribution in [1.82, 2.24) is 5.32 Å². The van der Waals surface area contributed by atoms with Gasteiger partial charge in [-0.2, -0.15) is 0 Å². The fourth-order valence-electron chi connectivity index (χ4n) is 2.59. The van der Waals surface area contributed by atoms with Crippen LogP contribution in [0.5, 0.6) is 11.5 Å². The summed E-state index contributed by atoms with van der Waals surface area (Å²) in [6, 6.07) is 21.6. The van der Waals surface area contributed by atoms with Crippen LogP contribution in [0.4, 0.5) is 0 Å². The first-order valence-corrected chi connectivity index (χ1v) is 8.30. The van der Waals surface area contributed by atoms with E-state index in [4.69, 9.17) is 9.47 Å². The van der Waals surface area contributed by atoms with Crippen molar-refractivity contribution in [3.63, 3.8) is 0 Å². The van der Waals surface area contributed by atoms with E-state index in [1.165, 1.54) is 0 Å². The molecule has 0 saturated carbocycles. The van der Waals surface area contributed by atoms with Crippen LogP contribution in [0.15, 0.2) is 66.7 Å². The molecule has 0 bridgehead atoms. The monoisotopic (exact) mass is 335 g/mol. The zero-order chi connectivity index (χ0) is 17.5. The first kappa shape index (κ1) is 16.8. The highest BCUT2D eigenvalue weighted by atomic mass is 16.5. The number of rotatable bonds is 7. The number of aryl methyl sites for hydroxylation is 1. The first-order valence-electron chi connectivity index (χ1n) is 8.30. The lowest BCUT2D eigenvalue weighted by atomic mass is 10.1. The zero-order valence-corrected chi connectivity index (χ0v) is 14.2. The largest absolute Gasteiger partial charge is 0.491 e. The predicted molar refractivity (Wildman–Crippen MR) is 99.1 cm³/mol. The molecular formula is C21H21NO3.